The van der Waals surface area contributed by atoms with Crippen molar-refractivity contribution < 1.29 is 43.3 Å². The lowest BCUT2D eigenvalue weighted by Crippen LogP contribution is -2.69. The highest BCUT2D eigenvalue weighted by Crippen LogP contribution is 2.70. The average Bonchev–Trinajstić information content (AvgIpc) is 3.82. The summed E-state index contributed by atoms with van der Waals surface area (Å²) in [4.78, 5) is 56.5. The molecule has 0 radical (unpaired) electrons. The lowest BCUT2D eigenvalue weighted by molar-refractivity contribution is -0.209. The molecule has 8 rings (SSSR count). The quantitative estimate of drug-likeness (QED) is 0.108. The number of hydrogen-bond acceptors (Lipinski definition) is 11. The molecule has 0 spiro atoms. The molecule has 1 aromatic heterocycles. The average molecular weight is 835 g/mol. The lowest BCUT2D eigenvalue weighted by Gasteiger charge is -2.62. The van der Waals surface area contributed by atoms with E-state index in [9.17, 15) is 29.4 Å². The monoisotopic (exact) mass is 834 g/mol. The van der Waals surface area contributed by atoms with E-state index in [-0.39, 0.29) is 42.9 Å². The Morgan fingerprint density at radius 3 is 2.46 bits per heavy atom. The molecular weight excluding hydrogens is 780 g/mol. The van der Waals surface area contributed by atoms with Crippen LogP contribution in [0.25, 0.3) is 10.8 Å². The van der Waals surface area contributed by atoms with E-state index < -0.39 is 76.3 Å². The van der Waals surface area contributed by atoms with Crippen LogP contribution in [-0.2, 0) is 35.3 Å². The maximum absolute atomic E-state index is 17.6. The van der Waals surface area contributed by atoms with Gasteiger partial charge in [0, 0.05) is 46.8 Å². The third-order valence-corrected chi connectivity index (χ3v) is 15.4. The summed E-state index contributed by atoms with van der Waals surface area (Å²) >= 11 is 0. The molecule has 322 valence electrons. The Balaban J connectivity index is 0.865. The first-order chi connectivity index (χ1) is 29.0. The molecule has 4 fully saturated rings. The van der Waals surface area contributed by atoms with Gasteiger partial charge in [0.15, 0.2) is 11.5 Å². The number of hydrogen-bond donors (Lipinski definition) is 5. The van der Waals surface area contributed by atoms with Crippen LogP contribution in [0.2, 0.25) is 0 Å². The number of anilines is 1. The Morgan fingerprint density at radius 1 is 1.02 bits per heavy atom. The van der Waals surface area contributed by atoms with Crippen molar-refractivity contribution in [3.63, 3.8) is 0 Å². The molecule has 5 aliphatic rings. The molecule has 6 N–H and O–H groups in total. The zero-order valence-corrected chi connectivity index (χ0v) is 34.9. The first-order valence-corrected chi connectivity index (χ1v) is 21.4. The molecule has 13 heteroatoms. The molecule has 0 saturated heterocycles. The maximum Gasteiger partial charge on any atom is 0.310 e. The third kappa shape index (κ3) is 6.93. The van der Waals surface area contributed by atoms with Crippen LogP contribution in [0.5, 0.6) is 0 Å². The summed E-state index contributed by atoms with van der Waals surface area (Å²) in [5, 5.41) is 38.1. The predicted octanol–water partition coefficient (Wildman–Crippen LogP) is 6.29. The number of esters is 2. The molecule has 5 aliphatic carbocycles. The number of benzene rings is 2. The number of aromatic nitrogens is 1. The number of nitrogens with two attached hydrogens (primary N) is 1. The molecular formula is C48H55FN4O8. The molecule has 0 bridgehead atoms. The van der Waals surface area contributed by atoms with Crippen molar-refractivity contribution in [2.24, 2.45) is 46.2 Å². The molecule has 4 saturated carbocycles. The first kappa shape index (κ1) is 42.6. The topological polar surface area (TPSA) is 202 Å². The zero-order valence-electron chi connectivity index (χ0n) is 34.9. The number of ketones is 1. The summed E-state index contributed by atoms with van der Waals surface area (Å²) in [6.45, 7) is 4.89. The van der Waals surface area contributed by atoms with Gasteiger partial charge in [-0.1, -0.05) is 62.2 Å². The zero-order chi connectivity index (χ0) is 43.5. The van der Waals surface area contributed by atoms with Crippen molar-refractivity contribution >= 4 is 45.8 Å². The molecule has 3 aromatic rings. The summed E-state index contributed by atoms with van der Waals surface area (Å²) in [6.07, 6.45) is 9.04. The molecule has 12 nitrogen and oxygen atoms in total. The van der Waals surface area contributed by atoms with E-state index in [1.165, 1.54) is 12.2 Å². The van der Waals surface area contributed by atoms with E-state index in [0.717, 1.165) is 10.8 Å². The minimum Gasteiger partial charge on any atom is -0.461 e. The van der Waals surface area contributed by atoms with Gasteiger partial charge in [0.1, 0.15) is 18.8 Å². The van der Waals surface area contributed by atoms with Gasteiger partial charge < -0.3 is 36.1 Å². The number of allylic oxidation sites excluding steroid dienone is 4. The largest absolute Gasteiger partial charge is 0.461 e. The van der Waals surface area contributed by atoms with Crippen LogP contribution >= 0.6 is 0 Å². The van der Waals surface area contributed by atoms with Crippen LogP contribution in [0.3, 0.4) is 0 Å². The molecule has 1 heterocycles. The number of amides is 1. The Bertz CT molecular complexity index is 2330. The smallest absolute Gasteiger partial charge is 0.310 e. The van der Waals surface area contributed by atoms with Gasteiger partial charge in [-0.15, -0.1) is 0 Å². The second-order valence-electron chi connectivity index (χ2n) is 18.5. The van der Waals surface area contributed by atoms with Gasteiger partial charge in [0.05, 0.1) is 29.6 Å². The Hall–Kier alpha value is -5.11. The number of ether oxygens (including phenoxy) is 2. The number of nitrogens with zero attached hydrogens (tertiary/aromatic N) is 1. The number of pyridine rings is 1. The second kappa shape index (κ2) is 16.0. The van der Waals surface area contributed by atoms with Crippen molar-refractivity contribution in [2.75, 3.05) is 18.5 Å². The fourth-order valence-corrected chi connectivity index (χ4v) is 12.0. The lowest BCUT2D eigenvalue weighted by atomic mass is 9.44. The molecule has 2 aromatic carbocycles. The van der Waals surface area contributed by atoms with E-state index in [1.54, 1.807) is 49.7 Å². The fraction of sp³-hybridized carbons (Fsp3) is 0.500. The fourth-order valence-electron chi connectivity index (χ4n) is 12.0. The Kier molecular flexibility index (Phi) is 11.2. The first-order valence-electron chi connectivity index (χ1n) is 21.4. The number of halogens is 1. The number of alkyl halides is 1. The van der Waals surface area contributed by atoms with E-state index in [0.29, 0.717) is 60.9 Å². The summed E-state index contributed by atoms with van der Waals surface area (Å²) < 4.78 is 29.0. The van der Waals surface area contributed by atoms with E-state index in [4.69, 9.17) is 20.6 Å². The number of aliphatic hydroxyl groups excluding tert-OH is 1. The van der Waals surface area contributed by atoms with E-state index in [1.807, 2.05) is 38.1 Å². The number of fused-ring (bicyclic) bond motifs is 6. The summed E-state index contributed by atoms with van der Waals surface area (Å²) in [6, 6.07) is 14.5. The van der Waals surface area contributed by atoms with Gasteiger partial charge in [0.2, 0.25) is 5.91 Å². The number of carbonyl (C=O) groups excluding carboxylic acids is 4. The molecule has 2 unspecified atom stereocenters. The highest BCUT2D eigenvalue weighted by atomic mass is 19.1. The minimum absolute atomic E-state index is 0.0453. The molecule has 1 amide bonds. The third-order valence-electron chi connectivity index (χ3n) is 15.4. The van der Waals surface area contributed by atoms with Crippen LogP contribution in [-0.4, -0.2) is 75.1 Å². The van der Waals surface area contributed by atoms with Gasteiger partial charge in [-0.3, -0.25) is 24.2 Å². The van der Waals surface area contributed by atoms with E-state index in [2.05, 4.69) is 10.3 Å². The van der Waals surface area contributed by atoms with Crippen molar-refractivity contribution in [1.29, 1.82) is 5.41 Å². The standard InChI is InChI=1S/C48H55FN4O8/c1-27-19-39-38-14-12-32-21-34(54)15-17-45(32,2)47(38,49)41(55)22-46(39,3)48(27,59)40(51)26-61-44(58)36-6-4-5-35(36)43(57)60-25-28-7-9-29(10-8-28)37(23-50)42(56)53-33-13-11-31-24-52-18-16-30(31)20-33/h7-11,13,15-18,20-21,24,27,35-39,41,51,55,59H,4-6,12,14,19,22-23,25-26,50H2,1-3H3,(H,53,56)/t27-,35?,36?,37-,38+,39+,41+,45+,46+,47+,48+/m1/s1. The molecule has 0 aliphatic heterocycles. The van der Waals surface area contributed by atoms with Crippen LogP contribution in [0.1, 0.15) is 82.8 Å². The highest BCUT2D eigenvalue weighted by Gasteiger charge is 2.75. The van der Waals surface area contributed by atoms with E-state index >= 15 is 4.39 Å². The summed E-state index contributed by atoms with van der Waals surface area (Å²) in [5.41, 5.74) is 2.39. The van der Waals surface area contributed by atoms with Crippen LogP contribution in [0.15, 0.2) is 84.7 Å². The minimum atomic E-state index is -2.07. The number of aliphatic hydroxyl groups is 2. The Labute approximate surface area is 354 Å². The van der Waals surface area contributed by atoms with Crippen molar-refractivity contribution in [1.82, 2.24) is 4.98 Å². The number of rotatable bonds is 11. The summed E-state index contributed by atoms with van der Waals surface area (Å²) in [7, 11) is 0. The number of nitrogens with one attached hydrogen (secondary N) is 2. The van der Waals surface area contributed by atoms with Crippen molar-refractivity contribution in [2.45, 2.75) is 95.6 Å². The van der Waals surface area contributed by atoms with Gasteiger partial charge in [-0.25, -0.2) is 4.39 Å². The normalized spacial score (nSPS) is 34.4. The van der Waals surface area contributed by atoms with Gasteiger partial charge in [0.25, 0.3) is 0 Å². The summed E-state index contributed by atoms with van der Waals surface area (Å²) in [5.74, 6) is -5.29. The van der Waals surface area contributed by atoms with Crippen molar-refractivity contribution in [3.05, 3.63) is 95.9 Å². The maximum atomic E-state index is 17.6. The van der Waals surface area contributed by atoms with Gasteiger partial charge >= 0.3 is 11.9 Å². The Morgan fingerprint density at radius 2 is 1.74 bits per heavy atom. The number of carbonyl (C=O) groups is 4. The van der Waals surface area contributed by atoms with Crippen LogP contribution in [0.4, 0.5) is 10.1 Å². The SMILES string of the molecule is C[C@@H]1C[C@H]2[C@@H]3CCC4=CC(=O)C=C[C@]4(C)[C@@]3(F)[C@@H](O)C[C@]2(C)[C@@]1(O)C(=N)COC(=O)C1CCCC1C(=O)OCc1ccc([C@@H](CN)C(=O)Nc2ccc3cnccc3c2)cc1. The van der Waals surface area contributed by atoms with Crippen molar-refractivity contribution in [3.8, 4) is 0 Å². The highest BCUT2D eigenvalue weighted by molar-refractivity contribution is 6.01. The second-order valence-corrected chi connectivity index (χ2v) is 18.5. The van der Waals surface area contributed by atoms with Gasteiger partial charge in [-0.2, -0.15) is 0 Å². The predicted molar refractivity (Wildman–Crippen MR) is 226 cm³/mol. The van der Waals surface area contributed by atoms with Gasteiger partial charge in [-0.05, 0) is 104 Å². The van der Waals surface area contributed by atoms with Crippen LogP contribution in [0, 0.1) is 45.8 Å². The molecule has 61 heavy (non-hydrogen) atoms. The van der Waals surface area contributed by atoms with Crippen LogP contribution < -0.4 is 11.1 Å². The molecule has 11 atom stereocenters.